The molecule has 0 saturated carbocycles. The molecule has 0 heterocycles. The zero-order chi connectivity index (χ0) is 18.7. The zero-order valence-corrected chi connectivity index (χ0v) is 17.1. The molecule has 0 aliphatic carbocycles. The lowest BCUT2D eigenvalue weighted by Gasteiger charge is -2.30. The van der Waals surface area contributed by atoms with Crippen LogP contribution in [-0.2, 0) is 11.3 Å². The molecule has 2 nitrogen and oxygen atoms in total. The summed E-state index contributed by atoms with van der Waals surface area (Å²) in [6, 6.07) is 10.7. The number of hydrogen-bond acceptors (Lipinski definition) is 1. The Bertz CT molecular complexity index is 526. The highest BCUT2D eigenvalue weighted by atomic mass is 16.5. The van der Waals surface area contributed by atoms with Gasteiger partial charge < -0.3 is 9.22 Å². The average Bonchev–Trinajstić information content (AvgIpc) is 2.56. The van der Waals surface area contributed by atoms with Crippen molar-refractivity contribution in [3.63, 3.8) is 0 Å². The van der Waals surface area contributed by atoms with Gasteiger partial charge in [-0.3, -0.25) is 0 Å². The topological polar surface area (TPSA) is 9.23 Å². The Hall–Kier alpha value is -1.34. The van der Waals surface area contributed by atoms with Crippen LogP contribution in [0.3, 0.4) is 0 Å². The first-order chi connectivity index (χ1) is 11.9. The Kier molecular flexibility index (Phi) is 9.82. The normalized spacial score (nSPS) is 12.9. The van der Waals surface area contributed by atoms with Gasteiger partial charge in [0.15, 0.2) is 0 Å². The van der Waals surface area contributed by atoms with Crippen LogP contribution >= 0.6 is 0 Å². The molecule has 0 aliphatic rings. The molecule has 0 amide bonds. The molecule has 140 valence electrons. The number of rotatable bonds is 12. The minimum atomic E-state index is 0.467. The fraction of sp³-hybridized carbons (Fsp3) is 0.609. The first kappa shape index (κ1) is 21.7. The number of quaternary nitrogens is 1. The van der Waals surface area contributed by atoms with Crippen molar-refractivity contribution in [1.82, 2.24) is 0 Å². The minimum absolute atomic E-state index is 0.467. The summed E-state index contributed by atoms with van der Waals surface area (Å²) in [5.74, 6) is 1.11. The second-order valence-corrected chi connectivity index (χ2v) is 8.16. The van der Waals surface area contributed by atoms with Crippen LogP contribution in [0.5, 0.6) is 0 Å². The van der Waals surface area contributed by atoms with Crippen LogP contribution in [0, 0.1) is 11.8 Å². The van der Waals surface area contributed by atoms with Crippen LogP contribution < -0.4 is 0 Å². The predicted molar refractivity (Wildman–Crippen MR) is 108 cm³/mol. The summed E-state index contributed by atoms with van der Waals surface area (Å²) in [7, 11) is 4.54. The van der Waals surface area contributed by atoms with Crippen LogP contribution in [0.1, 0.15) is 45.6 Å². The van der Waals surface area contributed by atoms with E-state index in [1.54, 1.807) is 0 Å². The van der Waals surface area contributed by atoms with Crippen molar-refractivity contribution in [3.05, 3.63) is 53.8 Å². The Morgan fingerprint density at radius 1 is 1.20 bits per heavy atom. The largest absolute Gasteiger partial charge is 0.375 e. The number of nitrogens with zero attached hydrogens (tertiary/aromatic N) is 1. The Morgan fingerprint density at radius 3 is 2.44 bits per heavy atom. The summed E-state index contributed by atoms with van der Waals surface area (Å²) in [5, 5.41) is 0. The number of hydrogen-bond donors (Lipinski definition) is 0. The van der Waals surface area contributed by atoms with E-state index in [1.807, 2.05) is 0 Å². The van der Waals surface area contributed by atoms with Gasteiger partial charge in [-0.2, -0.15) is 0 Å². The van der Waals surface area contributed by atoms with E-state index < -0.39 is 0 Å². The lowest BCUT2D eigenvalue weighted by Crippen LogP contribution is -2.41. The van der Waals surface area contributed by atoms with Crippen LogP contribution in [-0.4, -0.2) is 38.3 Å². The average molecular weight is 345 g/mol. The maximum atomic E-state index is 6.08. The summed E-state index contributed by atoms with van der Waals surface area (Å²) in [6.07, 6.45) is 3.41. The lowest BCUT2D eigenvalue weighted by atomic mass is 9.89. The molecule has 0 N–H and O–H groups in total. The lowest BCUT2D eigenvalue weighted by molar-refractivity contribution is -0.904. The zero-order valence-electron chi connectivity index (χ0n) is 17.1. The van der Waals surface area contributed by atoms with E-state index in [1.165, 1.54) is 17.6 Å². The van der Waals surface area contributed by atoms with Gasteiger partial charge in [-0.05, 0) is 24.3 Å². The van der Waals surface area contributed by atoms with Crippen molar-refractivity contribution in [3.8, 4) is 0 Å². The van der Waals surface area contributed by atoms with Crippen molar-refractivity contribution in [2.45, 2.75) is 46.6 Å². The monoisotopic (exact) mass is 344 g/mol. The Labute approximate surface area is 155 Å². The molecular formula is C23H38NO+. The van der Waals surface area contributed by atoms with Gasteiger partial charge in [0.25, 0.3) is 0 Å². The number of benzene rings is 1. The van der Waals surface area contributed by atoms with Crippen molar-refractivity contribution < 1.29 is 9.22 Å². The molecule has 0 fully saturated rings. The molecule has 25 heavy (non-hydrogen) atoms. The van der Waals surface area contributed by atoms with E-state index in [4.69, 9.17) is 4.74 Å². The van der Waals surface area contributed by atoms with Gasteiger partial charge in [-0.15, -0.1) is 5.73 Å². The highest BCUT2D eigenvalue weighted by Crippen LogP contribution is 2.23. The van der Waals surface area contributed by atoms with Gasteiger partial charge in [0.2, 0.25) is 0 Å². The molecular weight excluding hydrogens is 306 g/mol. The fourth-order valence-corrected chi connectivity index (χ4v) is 3.22. The Morgan fingerprint density at radius 2 is 1.88 bits per heavy atom. The van der Waals surface area contributed by atoms with Crippen LogP contribution in [0.4, 0.5) is 0 Å². The van der Waals surface area contributed by atoms with Crippen molar-refractivity contribution in [2.24, 2.45) is 11.8 Å². The van der Waals surface area contributed by atoms with Crippen LogP contribution in [0.25, 0.3) is 0 Å². The molecule has 0 saturated heterocycles. The first-order valence-electron chi connectivity index (χ1n) is 9.70. The number of likely N-dealkylation sites (N-methyl/N-ethyl adjacent to an activating group) is 1. The summed E-state index contributed by atoms with van der Waals surface area (Å²) in [6.45, 7) is 14.3. The molecule has 1 unspecified atom stereocenters. The van der Waals surface area contributed by atoms with Gasteiger partial charge >= 0.3 is 0 Å². The second kappa shape index (κ2) is 11.3. The fourth-order valence-electron chi connectivity index (χ4n) is 3.22. The maximum Gasteiger partial charge on any atom is 0.104 e. The molecule has 1 aromatic carbocycles. The van der Waals surface area contributed by atoms with E-state index in [9.17, 15) is 0 Å². The molecule has 1 atom stereocenters. The molecule has 0 aliphatic heterocycles. The summed E-state index contributed by atoms with van der Waals surface area (Å²) in [5.41, 5.74) is 5.91. The molecule has 1 rings (SSSR count). The van der Waals surface area contributed by atoms with E-state index in [-0.39, 0.29) is 0 Å². The minimum Gasteiger partial charge on any atom is -0.375 e. The highest BCUT2D eigenvalue weighted by Gasteiger charge is 2.18. The first-order valence-corrected chi connectivity index (χ1v) is 9.70. The molecule has 1 aromatic rings. The quantitative estimate of drug-likeness (QED) is 0.278. The summed E-state index contributed by atoms with van der Waals surface area (Å²) < 4.78 is 7.03. The SMILES string of the molecule is C=C=C(CC(C)C)C(CCC)COCC[N+](C)(C)Cc1ccccc1. The van der Waals surface area contributed by atoms with E-state index in [2.05, 4.69) is 77.5 Å². The van der Waals surface area contributed by atoms with Crippen LogP contribution in [0.15, 0.2) is 48.2 Å². The molecule has 2 heteroatoms. The van der Waals surface area contributed by atoms with Crippen molar-refractivity contribution >= 4 is 0 Å². The number of ether oxygens (including phenoxy) is 1. The highest BCUT2D eigenvalue weighted by molar-refractivity contribution is 5.13. The van der Waals surface area contributed by atoms with Crippen molar-refractivity contribution in [2.75, 3.05) is 33.9 Å². The van der Waals surface area contributed by atoms with Gasteiger partial charge in [-0.25, -0.2) is 0 Å². The third-order valence-electron chi connectivity index (χ3n) is 4.60. The Balaban J connectivity index is 2.46. The maximum absolute atomic E-state index is 6.08. The molecule has 0 radical (unpaired) electrons. The smallest absolute Gasteiger partial charge is 0.104 e. The third-order valence-corrected chi connectivity index (χ3v) is 4.60. The van der Waals surface area contributed by atoms with E-state index >= 15 is 0 Å². The standard InChI is InChI=1S/C23H38NO/c1-7-12-23(22(8-2)17-20(3)4)19-25-16-15-24(5,6)18-21-13-10-9-11-14-21/h9-11,13-14,20,23H,2,7,12,15-19H2,1,3-6H3/q+1. The third kappa shape index (κ3) is 9.07. The van der Waals surface area contributed by atoms with E-state index in [0.717, 1.165) is 43.6 Å². The molecule has 0 bridgehead atoms. The van der Waals surface area contributed by atoms with Crippen LogP contribution in [0.2, 0.25) is 0 Å². The van der Waals surface area contributed by atoms with Gasteiger partial charge in [-0.1, -0.05) is 64.1 Å². The van der Waals surface area contributed by atoms with Crippen molar-refractivity contribution in [1.29, 1.82) is 0 Å². The van der Waals surface area contributed by atoms with Gasteiger partial charge in [0.1, 0.15) is 13.1 Å². The predicted octanol–water partition coefficient (Wildman–Crippen LogP) is 5.45. The van der Waals surface area contributed by atoms with Gasteiger partial charge in [0.05, 0.1) is 27.3 Å². The van der Waals surface area contributed by atoms with E-state index in [0.29, 0.717) is 11.8 Å². The second-order valence-electron chi connectivity index (χ2n) is 8.16. The summed E-state index contributed by atoms with van der Waals surface area (Å²) >= 11 is 0. The molecule has 0 spiro atoms. The summed E-state index contributed by atoms with van der Waals surface area (Å²) in [4.78, 5) is 0. The van der Waals surface area contributed by atoms with Gasteiger partial charge in [0, 0.05) is 11.5 Å². The molecule has 0 aromatic heterocycles.